The van der Waals surface area contributed by atoms with Crippen LogP contribution in [0.5, 0.6) is 0 Å². The summed E-state index contributed by atoms with van der Waals surface area (Å²) in [4.78, 5) is 23.4. The van der Waals surface area contributed by atoms with Crippen molar-refractivity contribution in [1.29, 1.82) is 0 Å². The predicted molar refractivity (Wildman–Crippen MR) is 81.9 cm³/mol. The van der Waals surface area contributed by atoms with Crippen molar-refractivity contribution < 1.29 is 22.7 Å². The molecule has 1 heterocycles. The molecule has 0 spiro atoms. The Morgan fingerprint density at radius 2 is 2.00 bits per heavy atom. The van der Waals surface area contributed by atoms with E-state index in [1.807, 2.05) is 0 Å². The Balaban J connectivity index is 1.83. The molecule has 22 heavy (non-hydrogen) atoms. The molecule has 1 amide bonds. The van der Waals surface area contributed by atoms with Gasteiger partial charge in [-0.1, -0.05) is 23.2 Å². The van der Waals surface area contributed by atoms with Crippen molar-refractivity contribution in [3.8, 4) is 0 Å². The number of esters is 1. The molecule has 1 fully saturated rings. The van der Waals surface area contributed by atoms with Crippen LogP contribution in [0.25, 0.3) is 0 Å². The summed E-state index contributed by atoms with van der Waals surface area (Å²) >= 11 is 11.5. The lowest BCUT2D eigenvalue weighted by Crippen LogP contribution is -2.38. The SMILES string of the molecule is O=C(COC(=O)c1ccc(Cl)c(Cl)c1)NC1CCS(=O)(=O)C1. The number of nitrogens with one attached hydrogen (secondary N) is 1. The number of carbonyl (C=O) groups excluding carboxylic acids is 2. The summed E-state index contributed by atoms with van der Waals surface area (Å²) in [6, 6.07) is 3.79. The van der Waals surface area contributed by atoms with Crippen LogP contribution in [0.2, 0.25) is 10.0 Å². The van der Waals surface area contributed by atoms with E-state index in [4.69, 9.17) is 27.9 Å². The Morgan fingerprint density at radius 1 is 1.27 bits per heavy atom. The lowest BCUT2D eigenvalue weighted by atomic mass is 10.2. The van der Waals surface area contributed by atoms with E-state index in [1.165, 1.54) is 18.2 Å². The first-order valence-corrected chi connectivity index (χ1v) is 8.96. The Morgan fingerprint density at radius 3 is 2.59 bits per heavy atom. The average molecular weight is 366 g/mol. The molecule has 1 saturated heterocycles. The highest BCUT2D eigenvalue weighted by Gasteiger charge is 2.29. The van der Waals surface area contributed by atoms with Crippen LogP contribution in [0.4, 0.5) is 0 Å². The standard InChI is InChI=1S/C13H13Cl2NO5S/c14-10-2-1-8(5-11(10)15)13(18)21-6-12(17)16-9-3-4-22(19,20)7-9/h1-2,5,9H,3-4,6-7H2,(H,16,17). The number of sulfone groups is 1. The third kappa shape index (κ3) is 4.59. The van der Waals surface area contributed by atoms with Gasteiger partial charge in [0.2, 0.25) is 0 Å². The van der Waals surface area contributed by atoms with Gasteiger partial charge in [0.05, 0.1) is 27.1 Å². The summed E-state index contributed by atoms with van der Waals surface area (Å²) in [5.41, 5.74) is 0.172. The number of ether oxygens (including phenoxy) is 1. The van der Waals surface area contributed by atoms with Crippen LogP contribution in [0.3, 0.4) is 0 Å². The molecular weight excluding hydrogens is 353 g/mol. The molecule has 1 aromatic rings. The maximum absolute atomic E-state index is 11.8. The summed E-state index contributed by atoms with van der Waals surface area (Å²) in [7, 11) is -3.07. The summed E-state index contributed by atoms with van der Waals surface area (Å²) < 4.78 is 27.4. The minimum Gasteiger partial charge on any atom is -0.452 e. The van der Waals surface area contributed by atoms with Crippen LogP contribution in [-0.2, 0) is 19.4 Å². The quantitative estimate of drug-likeness (QED) is 0.815. The van der Waals surface area contributed by atoms with Gasteiger partial charge in [0.25, 0.3) is 5.91 Å². The van der Waals surface area contributed by atoms with Gasteiger partial charge in [-0.05, 0) is 24.6 Å². The molecule has 1 atom stereocenters. The number of amides is 1. The fourth-order valence-corrected chi connectivity index (χ4v) is 3.99. The Kier molecular flexibility index (Phi) is 5.31. The zero-order chi connectivity index (χ0) is 16.3. The van der Waals surface area contributed by atoms with E-state index in [0.717, 1.165) is 0 Å². The first kappa shape index (κ1) is 17.1. The maximum atomic E-state index is 11.8. The van der Waals surface area contributed by atoms with Crippen molar-refractivity contribution in [2.24, 2.45) is 0 Å². The Labute approximate surface area is 137 Å². The number of hydrogen-bond donors (Lipinski definition) is 1. The molecule has 120 valence electrons. The summed E-state index contributed by atoms with van der Waals surface area (Å²) in [6.07, 6.45) is 0.370. The van der Waals surface area contributed by atoms with Gasteiger partial charge >= 0.3 is 5.97 Å². The van der Waals surface area contributed by atoms with Gasteiger partial charge in [0, 0.05) is 6.04 Å². The predicted octanol–water partition coefficient (Wildman–Crippen LogP) is 1.45. The number of benzene rings is 1. The molecule has 1 unspecified atom stereocenters. The largest absolute Gasteiger partial charge is 0.452 e. The van der Waals surface area contributed by atoms with Crippen LogP contribution in [0.15, 0.2) is 18.2 Å². The normalized spacial score (nSPS) is 19.6. The van der Waals surface area contributed by atoms with Crippen LogP contribution in [0.1, 0.15) is 16.8 Å². The molecule has 1 aliphatic heterocycles. The van der Waals surface area contributed by atoms with E-state index in [0.29, 0.717) is 11.4 Å². The summed E-state index contributed by atoms with van der Waals surface area (Å²) in [6.45, 7) is -0.490. The molecule has 0 aromatic heterocycles. The van der Waals surface area contributed by atoms with E-state index in [1.54, 1.807) is 0 Å². The third-order valence-corrected chi connectivity index (χ3v) is 5.59. The first-order chi connectivity index (χ1) is 10.3. The Bertz CT molecular complexity index is 704. The third-order valence-electron chi connectivity index (χ3n) is 3.09. The zero-order valence-electron chi connectivity index (χ0n) is 11.3. The molecule has 0 saturated carbocycles. The van der Waals surface area contributed by atoms with E-state index < -0.39 is 34.4 Å². The minimum absolute atomic E-state index is 0.0566. The van der Waals surface area contributed by atoms with Gasteiger partial charge < -0.3 is 10.1 Å². The van der Waals surface area contributed by atoms with Crippen LogP contribution in [-0.4, -0.2) is 44.4 Å². The van der Waals surface area contributed by atoms with Gasteiger partial charge in [-0.15, -0.1) is 0 Å². The van der Waals surface area contributed by atoms with Gasteiger partial charge in [-0.3, -0.25) is 4.79 Å². The number of rotatable bonds is 4. The van der Waals surface area contributed by atoms with Crippen molar-refractivity contribution in [1.82, 2.24) is 5.32 Å². The minimum atomic E-state index is -3.07. The smallest absolute Gasteiger partial charge is 0.338 e. The lowest BCUT2D eigenvalue weighted by Gasteiger charge is -2.11. The second kappa shape index (κ2) is 6.85. The molecule has 0 radical (unpaired) electrons. The number of carbonyl (C=O) groups is 2. The number of hydrogen-bond acceptors (Lipinski definition) is 5. The Hall–Kier alpha value is -1.31. The van der Waals surface area contributed by atoms with E-state index in [2.05, 4.69) is 5.32 Å². The van der Waals surface area contributed by atoms with Gasteiger partial charge in [0.1, 0.15) is 0 Å². The molecule has 6 nitrogen and oxygen atoms in total. The highest BCUT2D eigenvalue weighted by Crippen LogP contribution is 2.22. The van der Waals surface area contributed by atoms with Crippen molar-refractivity contribution in [3.63, 3.8) is 0 Å². The maximum Gasteiger partial charge on any atom is 0.338 e. The molecule has 0 aliphatic carbocycles. The van der Waals surface area contributed by atoms with Crippen LogP contribution >= 0.6 is 23.2 Å². The average Bonchev–Trinajstić information content (AvgIpc) is 2.78. The molecule has 2 rings (SSSR count). The molecule has 1 aliphatic rings. The second-order valence-electron chi connectivity index (χ2n) is 4.87. The van der Waals surface area contributed by atoms with Crippen LogP contribution < -0.4 is 5.32 Å². The van der Waals surface area contributed by atoms with Crippen molar-refractivity contribution in [2.45, 2.75) is 12.5 Å². The van der Waals surface area contributed by atoms with Gasteiger partial charge in [-0.25, -0.2) is 13.2 Å². The molecule has 0 bridgehead atoms. The molecule has 1 N–H and O–H groups in total. The number of halogens is 2. The van der Waals surface area contributed by atoms with Gasteiger partial charge in [0.15, 0.2) is 16.4 Å². The fourth-order valence-electron chi connectivity index (χ4n) is 2.02. The fraction of sp³-hybridized carbons (Fsp3) is 0.385. The first-order valence-electron chi connectivity index (χ1n) is 6.39. The molecule has 1 aromatic carbocycles. The van der Waals surface area contributed by atoms with Crippen molar-refractivity contribution >= 4 is 44.9 Å². The highest BCUT2D eigenvalue weighted by molar-refractivity contribution is 7.91. The topological polar surface area (TPSA) is 89.5 Å². The van der Waals surface area contributed by atoms with Crippen molar-refractivity contribution in [2.75, 3.05) is 18.1 Å². The van der Waals surface area contributed by atoms with E-state index in [-0.39, 0.29) is 22.1 Å². The molecule has 9 heteroatoms. The highest BCUT2D eigenvalue weighted by atomic mass is 35.5. The zero-order valence-corrected chi connectivity index (χ0v) is 13.7. The summed E-state index contributed by atoms with van der Waals surface area (Å²) in [5.74, 6) is -1.29. The van der Waals surface area contributed by atoms with Crippen molar-refractivity contribution in [3.05, 3.63) is 33.8 Å². The second-order valence-corrected chi connectivity index (χ2v) is 7.92. The van der Waals surface area contributed by atoms with Crippen LogP contribution in [0, 0.1) is 0 Å². The summed E-state index contributed by atoms with van der Waals surface area (Å²) in [5, 5.41) is 3.03. The monoisotopic (exact) mass is 365 g/mol. The van der Waals surface area contributed by atoms with E-state index in [9.17, 15) is 18.0 Å². The van der Waals surface area contributed by atoms with Gasteiger partial charge in [-0.2, -0.15) is 0 Å². The lowest BCUT2D eigenvalue weighted by molar-refractivity contribution is -0.124. The molecular formula is C13H13Cl2NO5S. The van der Waals surface area contributed by atoms with E-state index >= 15 is 0 Å².